The number of non-ortho nitro benzene ring substituents is 1. The van der Waals surface area contributed by atoms with E-state index in [2.05, 4.69) is 4.72 Å². The zero-order chi connectivity index (χ0) is 17.0. The van der Waals surface area contributed by atoms with Crippen LogP contribution in [0.15, 0.2) is 47.4 Å². The molecule has 0 aliphatic heterocycles. The average Bonchev–Trinajstić information content (AvgIpc) is 2.54. The first-order chi connectivity index (χ1) is 10.9. The molecular formula is C14H14N2O6S. The van der Waals surface area contributed by atoms with Crippen molar-refractivity contribution >= 4 is 21.4 Å². The number of sulfonamides is 1. The number of rotatable bonds is 6. The first kappa shape index (κ1) is 16.6. The smallest absolute Gasteiger partial charge is 0.269 e. The lowest BCUT2D eigenvalue weighted by molar-refractivity contribution is -0.384. The van der Waals surface area contributed by atoms with Crippen LogP contribution in [0.25, 0.3) is 0 Å². The van der Waals surface area contributed by atoms with Gasteiger partial charge in [-0.2, -0.15) is 0 Å². The predicted octanol–water partition coefficient (Wildman–Crippen LogP) is 2.41. The van der Waals surface area contributed by atoms with Crippen molar-refractivity contribution in [1.29, 1.82) is 0 Å². The van der Waals surface area contributed by atoms with Crippen LogP contribution in [-0.2, 0) is 10.0 Å². The van der Waals surface area contributed by atoms with Crippen molar-refractivity contribution in [2.45, 2.75) is 4.90 Å². The summed E-state index contributed by atoms with van der Waals surface area (Å²) in [6, 6.07) is 9.15. The van der Waals surface area contributed by atoms with E-state index in [1.165, 1.54) is 38.5 Å². The average molecular weight is 338 g/mol. The summed E-state index contributed by atoms with van der Waals surface area (Å²) < 4.78 is 37.1. The summed E-state index contributed by atoms with van der Waals surface area (Å²) in [7, 11) is -0.962. The Balaban J connectivity index is 2.29. The second-order valence-electron chi connectivity index (χ2n) is 4.43. The standard InChI is InChI=1S/C14H14N2O6S/c1-21-13-8-3-10(9-14(13)22-2)15-23(19,20)12-6-4-11(5-7-12)16(17)18/h3-9,15H,1-2H3. The van der Waals surface area contributed by atoms with Gasteiger partial charge in [0.1, 0.15) is 0 Å². The van der Waals surface area contributed by atoms with E-state index in [1.54, 1.807) is 6.07 Å². The fourth-order valence-electron chi connectivity index (χ4n) is 1.86. The highest BCUT2D eigenvalue weighted by Crippen LogP contribution is 2.30. The highest BCUT2D eigenvalue weighted by Gasteiger charge is 2.17. The monoisotopic (exact) mass is 338 g/mol. The van der Waals surface area contributed by atoms with Gasteiger partial charge in [-0.15, -0.1) is 0 Å². The normalized spacial score (nSPS) is 10.9. The van der Waals surface area contributed by atoms with Crippen molar-refractivity contribution in [1.82, 2.24) is 0 Å². The minimum Gasteiger partial charge on any atom is -0.493 e. The van der Waals surface area contributed by atoms with E-state index in [9.17, 15) is 18.5 Å². The van der Waals surface area contributed by atoms with E-state index in [0.29, 0.717) is 11.5 Å². The van der Waals surface area contributed by atoms with E-state index < -0.39 is 14.9 Å². The quantitative estimate of drug-likeness (QED) is 0.640. The maximum atomic E-state index is 12.3. The topological polar surface area (TPSA) is 108 Å². The van der Waals surface area contributed by atoms with Gasteiger partial charge in [-0.1, -0.05) is 0 Å². The number of hydrogen-bond acceptors (Lipinski definition) is 6. The molecule has 8 nitrogen and oxygen atoms in total. The van der Waals surface area contributed by atoms with E-state index in [-0.39, 0.29) is 16.3 Å². The molecule has 9 heteroatoms. The molecule has 122 valence electrons. The molecule has 0 fully saturated rings. The minimum absolute atomic E-state index is 0.0853. The Morgan fingerprint density at radius 3 is 2.13 bits per heavy atom. The van der Waals surface area contributed by atoms with Crippen LogP contribution in [0.5, 0.6) is 11.5 Å². The van der Waals surface area contributed by atoms with Gasteiger partial charge in [-0.05, 0) is 24.3 Å². The number of ether oxygens (including phenoxy) is 2. The summed E-state index contributed by atoms with van der Waals surface area (Å²) in [6.45, 7) is 0. The molecule has 0 heterocycles. The van der Waals surface area contributed by atoms with Crippen LogP contribution in [0.2, 0.25) is 0 Å². The van der Waals surface area contributed by atoms with E-state index in [1.807, 2.05) is 0 Å². The fraction of sp³-hybridized carbons (Fsp3) is 0.143. The number of nitrogens with zero attached hydrogens (tertiary/aromatic N) is 1. The Bertz CT molecular complexity index is 818. The molecule has 0 bridgehead atoms. The van der Waals surface area contributed by atoms with Gasteiger partial charge in [0.2, 0.25) is 0 Å². The van der Waals surface area contributed by atoms with Crippen LogP contribution in [0, 0.1) is 10.1 Å². The zero-order valence-electron chi connectivity index (χ0n) is 12.3. The van der Waals surface area contributed by atoms with Crippen molar-refractivity contribution < 1.29 is 22.8 Å². The summed E-state index contributed by atoms with van der Waals surface area (Å²) in [4.78, 5) is 9.91. The molecule has 2 rings (SSSR count). The fourth-order valence-corrected chi connectivity index (χ4v) is 2.91. The number of nitrogens with one attached hydrogen (secondary N) is 1. The molecule has 0 spiro atoms. The molecule has 0 saturated carbocycles. The van der Waals surface area contributed by atoms with Crippen molar-refractivity contribution in [3.05, 3.63) is 52.6 Å². The lowest BCUT2D eigenvalue weighted by atomic mass is 10.3. The highest BCUT2D eigenvalue weighted by atomic mass is 32.2. The third-order valence-corrected chi connectivity index (χ3v) is 4.39. The molecule has 2 aromatic rings. The van der Waals surface area contributed by atoms with Crippen LogP contribution in [0.1, 0.15) is 0 Å². The Hall–Kier alpha value is -2.81. The maximum absolute atomic E-state index is 12.3. The first-order valence-corrected chi connectivity index (χ1v) is 7.85. The third-order valence-electron chi connectivity index (χ3n) is 2.99. The molecule has 0 radical (unpaired) electrons. The van der Waals surface area contributed by atoms with Crippen molar-refractivity contribution in [3.8, 4) is 11.5 Å². The van der Waals surface area contributed by atoms with Crippen LogP contribution in [-0.4, -0.2) is 27.6 Å². The molecule has 0 saturated heterocycles. The first-order valence-electron chi connectivity index (χ1n) is 6.36. The molecule has 0 aliphatic carbocycles. The molecule has 0 aromatic heterocycles. The van der Waals surface area contributed by atoms with Crippen LogP contribution in [0.3, 0.4) is 0 Å². The van der Waals surface area contributed by atoms with Crippen LogP contribution < -0.4 is 14.2 Å². The Morgan fingerprint density at radius 1 is 1.00 bits per heavy atom. The molecule has 0 unspecified atom stereocenters. The summed E-state index contributed by atoms with van der Waals surface area (Å²) in [6.07, 6.45) is 0. The Morgan fingerprint density at radius 2 is 1.61 bits per heavy atom. The second-order valence-corrected chi connectivity index (χ2v) is 6.11. The number of benzene rings is 2. The largest absolute Gasteiger partial charge is 0.493 e. The lowest BCUT2D eigenvalue weighted by Gasteiger charge is -2.11. The molecule has 1 N–H and O–H groups in total. The van der Waals surface area contributed by atoms with Gasteiger partial charge in [0.25, 0.3) is 15.7 Å². The SMILES string of the molecule is COc1ccc(NS(=O)(=O)c2ccc([N+](=O)[O-])cc2)cc1OC. The third kappa shape index (κ3) is 3.69. The summed E-state index contributed by atoms with van der Waals surface area (Å²) in [5.74, 6) is 0.835. The summed E-state index contributed by atoms with van der Waals surface area (Å²) in [5.41, 5.74) is 0.0936. The highest BCUT2D eigenvalue weighted by molar-refractivity contribution is 7.92. The van der Waals surface area contributed by atoms with Gasteiger partial charge in [-0.25, -0.2) is 8.42 Å². The number of nitro groups is 1. The van der Waals surface area contributed by atoms with E-state index in [4.69, 9.17) is 9.47 Å². The van der Waals surface area contributed by atoms with Crippen LogP contribution in [0.4, 0.5) is 11.4 Å². The lowest BCUT2D eigenvalue weighted by Crippen LogP contribution is -2.13. The zero-order valence-corrected chi connectivity index (χ0v) is 13.2. The van der Waals surface area contributed by atoms with Crippen molar-refractivity contribution in [3.63, 3.8) is 0 Å². The molecule has 0 atom stereocenters. The molecule has 0 aliphatic rings. The van der Waals surface area contributed by atoms with Gasteiger partial charge in [0.15, 0.2) is 11.5 Å². The van der Waals surface area contributed by atoms with E-state index >= 15 is 0 Å². The van der Waals surface area contributed by atoms with Crippen LogP contribution >= 0.6 is 0 Å². The molecule has 23 heavy (non-hydrogen) atoms. The van der Waals surface area contributed by atoms with Gasteiger partial charge in [0, 0.05) is 18.2 Å². The van der Waals surface area contributed by atoms with Crippen molar-refractivity contribution in [2.24, 2.45) is 0 Å². The number of nitro benzene ring substituents is 1. The molecule has 2 aromatic carbocycles. The molecule has 0 amide bonds. The predicted molar refractivity (Wildman–Crippen MR) is 83.5 cm³/mol. The van der Waals surface area contributed by atoms with Crippen molar-refractivity contribution in [2.75, 3.05) is 18.9 Å². The van der Waals surface area contributed by atoms with Gasteiger partial charge >= 0.3 is 0 Å². The van der Waals surface area contributed by atoms with Gasteiger partial charge in [0.05, 0.1) is 29.7 Å². The van der Waals surface area contributed by atoms with Gasteiger partial charge < -0.3 is 9.47 Å². The number of anilines is 1. The van der Waals surface area contributed by atoms with E-state index in [0.717, 1.165) is 12.1 Å². The number of methoxy groups -OCH3 is 2. The molecular weight excluding hydrogens is 324 g/mol. The summed E-state index contributed by atoms with van der Waals surface area (Å²) in [5, 5.41) is 10.6. The Labute approximate surface area is 132 Å². The minimum atomic E-state index is -3.87. The Kier molecular flexibility index (Phi) is 4.70. The summed E-state index contributed by atoms with van der Waals surface area (Å²) >= 11 is 0. The number of hydrogen-bond donors (Lipinski definition) is 1. The second kappa shape index (κ2) is 6.53. The van der Waals surface area contributed by atoms with Gasteiger partial charge in [-0.3, -0.25) is 14.8 Å². The maximum Gasteiger partial charge on any atom is 0.269 e.